The molecule has 4 rings (SSSR count). The van der Waals surface area contributed by atoms with Crippen LogP contribution in [-0.2, 0) is 16.2 Å². The molecule has 10 nitrogen and oxygen atoms in total. The standard InChI is InChI=1S/C26H30FN5O5/c1-17(2)35-26(33)37-32-12-9-20(10-13-32)36-25-18(3)24(29-16-30-25)31-23-8-7-21(14-22(23)27)34-15-19-6-4-5-11-28-19/h4-8,11,14,16-17,20H,9-10,12-13,15H2,1-3H3,(H,29,30,31). The predicted octanol–water partition coefficient (Wildman–Crippen LogP) is 4.96. The third kappa shape index (κ3) is 7.50. The normalized spacial score (nSPS) is 14.3. The molecule has 2 aromatic heterocycles. The van der Waals surface area contributed by atoms with Crippen molar-refractivity contribution in [3.8, 4) is 11.6 Å². The molecule has 0 aliphatic carbocycles. The zero-order chi connectivity index (χ0) is 26.2. The second kappa shape index (κ2) is 12.3. The lowest BCUT2D eigenvalue weighted by atomic mass is 10.1. The minimum atomic E-state index is -0.711. The molecular formula is C26H30FN5O5. The summed E-state index contributed by atoms with van der Waals surface area (Å²) in [5.74, 6) is 0.752. The van der Waals surface area contributed by atoms with Crippen molar-refractivity contribution in [1.82, 2.24) is 20.0 Å². The quantitative estimate of drug-likeness (QED) is 0.396. The number of nitrogens with one attached hydrogen (secondary N) is 1. The van der Waals surface area contributed by atoms with Gasteiger partial charge in [-0.15, -0.1) is 5.06 Å². The number of hydrogen-bond donors (Lipinski definition) is 1. The van der Waals surface area contributed by atoms with Crippen molar-refractivity contribution in [3.63, 3.8) is 0 Å². The van der Waals surface area contributed by atoms with E-state index in [1.54, 1.807) is 44.2 Å². The number of anilines is 2. The minimum absolute atomic E-state index is 0.116. The molecule has 0 spiro atoms. The largest absolute Gasteiger partial charge is 0.528 e. The number of benzene rings is 1. The van der Waals surface area contributed by atoms with Crippen LogP contribution >= 0.6 is 0 Å². The van der Waals surface area contributed by atoms with Gasteiger partial charge in [-0.25, -0.2) is 19.2 Å². The highest BCUT2D eigenvalue weighted by Gasteiger charge is 2.25. The molecule has 1 aliphatic rings. The monoisotopic (exact) mass is 511 g/mol. The Labute approximate surface area is 214 Å². The second-order valence-corrected chi connectivity index (χ2v) is 8.78. The number of piperidine rings is 1. The maximum Gasteiger partial charge on any atom is 0.528 e. The van der Waals surface area contributed by atoms with E-state index in [4.69, 9.17) is 19.0 Å². The van der Waals surface area contributed by atoms with Crippen LogP contribution in [0.4, 0.5) is 20.7 Å². The van der Waals surface area contributed by atoms with E-state index in [-0.39, 0.29) is 24.5 Å². The van der Waals surface area contributed by atoms with Crippen LogP contribution in [0.2, 0.25) is 0 Å². The van der Waals surface area contributed by atoms with E-state index in [1.165, 1.54) is 12.4 Å². The lowest BCUT2D eigenvalue weighted by molar-refractivity contribution is -0.151. The zero-order valence-corrected chi connectivity index (χ0v) is 21.0. The van der Waals surface area contributed by atoms with Gasteiger partial charge in [0.2, 0.25) is 5.88 Å². The van der Waals surface area contributed by atoms with E-state index in [0.29, 0.717) is 48.9 Å². The van der Waals surface area contributed by atoms with Crippen molar-refractivity contribution in [2.24, 2.45) is 0 Å². The summed E-state index contributed by atoms with van der Waals surface area (Å²) in [5, 5.41) is 4.58. The average Bonchev–Trinajstić information content (AvgIpc) is 2.88. The number of aromatic nitrogens is 3. The number of rotatable bonds is 9. The summed E-state index contributed by atoms with van der Waals surface area (Å²) in [4.78, 5) is 29.6. The number of nitrogens with zero attached hydrogens (tertiary/aromatic N) is 4. The van der Waals surface area contributed by atoms with E-state index >= 15 is 0 Å². The van der Waals surface area contributed by atoms with Crippen LogP contribution in [0.5, 0.6) is 11.6 Å². The number of carbonyl (C=O) groups is 1. The van der Waals surface area contributed by atoms with Gasteiger partial charge in [0.15, 0.2) is 0 Å². The molecule has 37 heavy (non-hydrogen) atoms. The molecule has 1 saturated heterocycles. The zero-order valence-electron chi connectivity index (χ0n) is 21.0. The Morgan fingerprint density at radius 3 is 2.68 bits per heavy atom. The number of ether oxygens (including phenoxy) is 3. The molecule has 11 heteroatoms. The SMILES string of the molecule is Cc1c(Nc2ccc(OCc3ccccn3)cc2F)ncnc1OC1CCN(OC(=O)OC(C)C)CC1. The molecular weight excluding hydrogens is 481 g/mol. The third-order valence-corrected chi connectivity index (χ3v) is 5.56. The van der Waals surface area contributed by atoms with Crippen LogP contribution < -0.4 is 14.8 Å². The summed E-state index contributed by atoms with van der Waals surface area (Å²) in [7, 11) is 0. The Morgan fingerprint density at radius 1 is 1.16 bits per heavy atom. The van der Waals surface area contributed by atoms with E-state index < -0.39 is 12.0 Å². The summed E-state index contributed by atoms with van der Waals surface area (Å²) >= 11 is 0. The number of hydroxylamine groups is 2. The molecule has 1 aliphatic heterocycles. The number of pyridine rings is 1. The molecule has 1 fully saturated rings. The smallest absolute Gasteiger partial charge is 0.487 e. The fourth-order valence-electron chi connectivity index (χ4n) is 3.65. The Balaban J connectivity index is 1.32. The molecule has 0 amide bonds. The molecule has 0 bridgehead atoms. The molecule has 3 heterocycles. The van der Waals surface area contributed by atoms with Gasteiger partial charge >= 0.3 is 6.16 Å². The average molecular weight is 512 g/mol. The summed E-state index contributed by atoms with van der Waals surface area (Å²) in [5.41, 5.74) is 1.65. The van der Waals surface area contributed by atoms with E-state index in [0.717, 1.165) is 5.69 Å². The molecule has 0 atom stereocenters. The topological polar surface area (TPSA) is 108 Å². The fraction of sp³-hybridized carbons (Fsp3) is 0.385. The summed E-state index contributed by atoms with van der Waals surface area (Å²) in [6.45, 7) is 6.58. The molecule has 3 aromatic rings. The van der Waals surface area contributed by atoms with E-state index in [9.17, 15) is 9.18 Å². The highest BCUT2D eigenvalue weighted by Crippen LogP contribution is 2.29. The van der Waals surface area contributed by atoms with Crippen LogP contribution in [0, 0.1) is 12.7 Å². The van der Waals surface area contributed by atoms with Crippen molar-refractivity contribution in [2.75, 3.05) is 18.4 Å². The number of hydrogen-bond acceptors (Lipinski definition) is 10. The van der Waals surface area contributed by atoms with Gasteiger partial charge in [-0.1, -0.05) is 6.07 Å². The molecule has 1 N–H and O–H groups in total. The Hall–Kier alpha value is -3.99. The molecule has 0 unspecified atom stereocenters. The first kappa shape index (κ1) is 26.1. The third-order valence-electron chi connectivity index (χ3n) is 5.56. The maximum atomic E-state index is 14.8. The van der Waals surface area contributed by atoms with Gasteiger partial charge in [0.05, 0.1) is 23.0 Å². The van der Waals surface area contributed by atoms with Crippen molar-refractivity contribution in [1.29, 1.82) is 0 Å². The summed E-state index contributed by atoms with van der Waals surface area (Å²) in [6, 6.07) is 10.1. The Kier molecular flexibility index (Phi) is 8.68. The number of carbonyl (C=O) groups excluding carboxylic acids is 1. The highest BCUT2D eigenvalue weighted by molar-refractivity contribution is 5.62. The number of halogens is 1. The van der Waals surface area contributed by atoms with Crippen molar-refractivity contribution in [3.05, 3.63) is 66.0 Å². The lowest BCUT2D eigenvalue weighted by Gasteiger charge is -2.30. The maximum absolute atomic E-state index is 14.8. The van der Waals surface area contributed by atoms with Gasteiger partial charge in [0.25, 0.3) is 0 Å². The van der Waals surface area contributed by atoms with Crippen LogP contribution in [0.15, 0.2) is 48.9 Å². The summed E-state index contributed by atoms with van der Waals surface area (Å²) in [6.07, 6.45) is 3.25. The van der Waals surface area contributed by atoms with Crippen LogP contribution in [0.3, 0.4) is 0 Å². The molecule has 0 saturated carbocycles. The molecule has 196 valence electrons. The van der Waals surface area contributed by atoms with Crippen molar-refractivity contribution in [2.45, 2.75) is 52.4 Å². The van der Waals surface area contributed by atoms with Crippen LogP contribution in [-0.4, -0.2) is 51.5 Å². The lowest BCUT2D eigenvalue weighted by Crippen LogP contribution is -2.40. The van der Waals surface area contributed by atoms with Gasteiger partial charge in [0.1, 0.15) is 36.4 Å². The predicted molar refractivity (Wildman–Crippen MR) is 133 cm³/mol. The minimum Gasteiger partial charge on any atom is -0.487 e. The summed E-state index contributed by atoms with van der Waals surface area (Å²) < 4.78 is 31.5. The van der Waals surface area contributed by atoms with Crippen molar-refractivity contribution < 1.29 is 28.2 Å². The van der Waals surface area contributed by atoms with Gasteiger partial charge < -0.3 is 24.4 Å². The highest BCUT2D eigenvalue weighted by atomic mass is 19.1. The molecule has 1 aromatic carbocycles. The van der Waals surface area contributed by atoms with Crippen LogP contribution in [0.25, 0.3) is 0 Å². The van der Waals surface area contributed by atoms with E-state index in [2.05, 4.69) is 20.3 Å². The van der Waals surface area contributed by atoms with Crippen LogP contribution in [0.1, 0.15) is 37.9 Å². The van der Waals surface area contributed by atoms with Crippen molar-refractivity contribution >= 4 is 17.7 Å². The first-order valence-corrected chi connectivity index (χ1v) is 12.1. The van der Waals surface area contributed by atoms with Gasteiger partial charge in [0, 0.05) is 38.2 Å². The first-order valence-electron chi connectivity index (χ1n) is 12.1. The van der Waals surface area contributed by atoms with Gasteiger partial charge in [-0.05, 0) is 45.0 Å². The van der Waals surface area contributed by atoms with Gasteiger partial charge in [-0.3, -0.25) is 4.98 Å². The second-order valence-electron chi connectivity index (χ2n) is 8.78. The fourth-order valence-corrected chi connectivity index (χ4v) is 3.65. The first-order chi connectivity index (χ1) is 17.9. The van der Waals surface area contributed by atoms with Gasteiger partial charge in [-0.2, -0.15) is 0 Å². The van der Waals surface area contributed by atoms with E-state index in [1.807, 2.05) is 18.2 Å². The molecule has 0 radical (unpaired) electrons. The Bertz CT molecular complexity index is 1190. The Morgan fingerprint density at radius 2 is 1.97 bits per heavy atom.